The maximum absolute atomic E-state index is 6.10. The van der Waals surface area contributed by atoms with Crippen LogP contribution in [0.2, 0.25) is 0 Å². The number of guanidine groups is 1. The second-order valence-corrected chi connectivity index (χ2v) is 7.78. The summed E-state index contributed by atoms with van der Waals surface area (Å²) in [6.45, 7) is 13.1. The fraction of sp³-hybridized carbons (Fsp3) is 0.667. The van der Waals surface area contributed by atoms with Crippen molar-refractivity contribution in [3.63, 3.8) is 0 Å². The van der Waals surface area contributed by atoms with Crippen LogP contribution in [-0.4, -0.2) is 68.7 Å². The first kappa shape index (κ1) is 22.4. The molecule has 152 valence electrons. The highest BCUT2D eigenvalue weighted by molar-refractivity contribution is 14.0. The van der Waals surface area contributed by atoms with Gasteiger partial charge in [0, 0.05) is 26.2 Å². The second kappa shape index (κ2) is 10.6. The maximum atomic E-state index is 6.10. The average molecular weight is 486 g/mol. The van der Waals surface area contributed by atoms with Crippen molar-refractivity contribution in [2.24, 2.45) is 10.9 Å². The smallest absolute Gasteiger partial charge is 0.194 e. The minimum absolute atomic E-state index is 0. The van der Waals surface area contributed by atoms with Gasteiger partial charge < -0.3 is 19.9 Å². The quantitative estimate of drug-likeness (QED) is 0.403. The number of rotatable bonds is 4. The van der Waals surface area contributed by atoms with Crippen LogP contribution < -0.4 is 5.32 Å². The van der Waals surface area contributed by atoms with E-state index in [1.165, 1.54) is 29.7 Å². The van der Waals surface area contributed by atoms with Crippen LogP contribution in [0.4, 0.5) is 0 Å². The summed E-state index contributed by atoms with van der Waals surface area (Å²) in [6.07, 6.45) is 1.37. The van der Waals surface area contributed by atoms with Crippen LogP contribution in [0.1, 0.15) is 36.1 Å². The van der Waals surface area contributed by atoms with Crippen LogP contribution in [0.15, 0.2) is 23.2 Å². The Labute approximate surface area is 181 Å². The molecule has 0 bridgehead atoms. The summed E-state index contributed by atoms with van der Waals surface area (Å²) in [5.74, 6) is 1.73. The van der Waals surface area contributed by atoms with Crippen LogP contribution in [0.5, 0.6) is 0 Å². The molecule has 0 amide bonds. The Kier molecular flexibility index (Phi) is 8.82. The summed E-state index contributed by atoms with van der Waals surface area (Å²) < 4.78 is 6.10. The van der Waals surface area contributed by atoms with Gasteiger partial charge in [-0.2, -0.15) is 0 Å². The molecule has 2 atom stereocenters. The van der Waals surface area contributed by atoms with E-state index in [0.29, 0.717) is 5.92 Å². The van der Waals surface area contributed by atoms with Gasteiger partial charge in [-0.15, -0.1) is 24.0 Å². The van der Waals surface area contributed by atoms with Gasteiger partial charge in [0.1, 0.15) is 6.10 Å². The monoisotopic (exact) mass is 486 g/mol. The third-order valence-corrected chi connectivity index (χ3v) is 5.46. The van der Waals surface area contributed by atoms with E-state index in [9.17, 15) is 0 Å². The summed E-state index contributed by atoms with van der Waals surface area (Å²) in [5, 5.41) is 3.49. The van der Waals surface area contributed by atoms with Gasteiger partial charge in [-0.05, 0) is 57.8 Å². The van der Waals surface area contributed by atoms with E-state index in [0.717, 1.165) is 45.3 Å². The lowest BCUT2D eigenvalue weighted by Gasteiger charge is -2.36. The van der Waals surface area contributed by atoms with Crippen molar-refractivity contribution in [3.05, 3.63) is 34.9 Å². The first-order chi connectivity index (χ1) is 12.6. The Balaban J connectivity index is 0.00000261. The number of nitrogens with zero attached hydrogens (tertiary/aromatic N) is 3. The first-order valence-corrected chi connectivity index (χ1v) is 9.97. The third kappa shape index (κ3) is 6.06. The molecule has 3 rings (SSSR count). The number of ether oxygens (including phenoxy) is 1. The van der Waals surface area contributed by atoms with Crippen LogP contribution in [0, 0.1) is 19.8 Å². The lowest BCUT2D eigenvalue weighted by molar-refractivity contribution is -0.00835. The molecule has 27 heavy (non-hydrogen) atoms. The number of likely N-dealkylation sites (tertiary alicyclic amines) is 1. The minimum Gasteiger partial charge on any atom is -0.370 e. The van der Waals surface area contributed by atoms with Crippen molar-refractivity contribution < 1.29 is 4.74 Å². The normalized spacial score (nSPS) is 24.0. The van der Waals surface area contributed by atoms with E-state index in [2.05, 4.69) is 61.1 Å². The third-order valence-electron chi connectivity index (χ3n) is 5.46. The molecule has 0 aromatic heterocycles. The first-order valence-electron chi connectivity index (χ1n) is 9.97. The molecular formula is C21H35IN4O. The number of benzene rings is 1. The fourth-order valence-electron chi connectivity index (χ4n) is 4.03. The topological polar surface area (TPSA) is 40.1 Å². The summed E-state index contributed by atoms with van der Waals surface area (Å²) in [6, 6.07) is 6.64. The standard InChI is InChI=1S/C21H34N4O.HI/c1-5-22-21(23-13-18-8-9-24(4)14-18)25-10-11-26-20(15-25)19-7-6-16(2)12-17(19)3;/h6-7,12,18,20H,5,8-11,13-15H2,1-4H3,(H,22,23);1H. The van der Waals surface area contributed by atoms with Gasteiger partial charge in [0.05, 0.1) is 13.2 Å². The Morgan fingerprint density at radius 1 is 1.26 bits per heavy atom. The zero-order valence-corrected chi connectivity index (χ0v) is 19.5. The Morgan fingerprint density at radius 2 is 2.07 bits per heavy atom. The molecule has 2 aliphatic heterocycles. The SMILES string of the molecule is CCNC(=NCC1CCN(C)C1)N1CCOC(c2ccc(C)cc2C)C1.I. The van der Waals surface area contributed by atoms with Gasteiger partial charge in [0.15, 0.2) is 5.96 Å². The largest absolute Gasteiger partial charge is 0.370 e. The van der Waals surface area contributed by atoms with Gasteiger partial charge in [-0.25, -0.2) is 0 Å². The van der Waals surface area contributed by atoms with Crippen LogP contribution in [-0.2, 0) is 4.74 Å². The molecule has 2 fully saturated rings. The summed E-state index contributed by atoms with van der Waals surface area (Å²) in [5.41, 5.74) is 3.91. The fourth-order valence-corrected chi connectivity index (χ4v) is 4.03. The van der Waals surface area contributed by atoms with Gasteiger partial charge in [0.25, 0.3) is 0 Å². The molecule has 1 aromatic carbocycles. The maximum Gasteiger partial charge on any atom is 0.194 e. The van der Waals surface area contributed by atoms with E-state index in [1.54, 1.807) is 0 Å². The van der Waals surface area contributed by atoms with E-state index < -0.39 is 0 Å². The lowest BCUT2D eigenvalue weighted by atomic mass is 10.00. The number of hydrogen-bond donors (Lipinski definition) is 1. The summed E-state index contributed by atoms with van der Waals surface area (Å²) in [4.78, 5) is 9.74. The number of aliphatic imine (C=N–C) groups is 1. The average Bonchev–Trinajstić information content (AvgIpc) is 3.04. The molecule has 6 heteroatoms. The van der Waals surface area contributed by atoms with Crippen molar-refractivity contribution in [1.82, 2.24) is 15.1 Å². The molecule has 0 spiro atoms. The Bertz CT molecular complexity index is 637. The van der Waals surface area contributed by atoms with Crippen molar-refractivity contribution in [1.29, 1.82) is 0 Å². The molecule has 0 aliphatic carbocycles. The van der Waals surface area contributed by atoms with Gasteiger partial charge in [-0.3, -0.25) is 4.99 Å². The Hall–Kier alpha value is -0.860. The molecule has 2 saturated heterocycles. The molecule has 0 radical (unpaired) electrons. The van der Waals surface area contributed by atoms with Crippen LogP contribution in [0.25, 0.3) is 0 Å². The predicted octanol–water partition coefficient (Wildman–Crippen LogP) is 3.21. The zero-order chi connectivity index (χ0) is 18.5. The van der Waals surface area contributed by atoms with Crippen molar-refractivity contribution in [2.75, 3.05) is 52.9 Å². The highest BCUT2D eigenvalue weighted by Crippen LogP contribution is 2.26. The summed E-state index contributed by atoms with van der Waals surface area (Å²) >= 11 is 0. The molecule has 0 saturated carbocycles. The van der Waals surface area contributed by atoms with E-state index in [1.807, 2.05) is 0 Å². The molecule has 1 aromatic rings. The van der Waals surface area contributed by atoms with Gasteiger partial charge in [0.2, 0.25) is 0 Å². The molecule has 2 aliphatic rings. The molecule has 2 heterocycles. The number of aryl methyl sites for hydroxylation is 2. The predicted molar refractivity (Wildman–Crippen MR) is 123 cm³/mol. The molecule has 1 N–H and O–H groups in total. The number of morpholine rings is 1. The zero-order valence-electron chi connectivity index (χ0n) is 17.2. The number of hydrogen-bond acceptors (Lipinski definition) is 3. The highest BCUT2D eigenvalue weighted by atomic mass is 127. The molecular weight excluding hydrogens is 451 g/mol. The van der Waals surface area contributed by atoms with Gasteiger partial charge in [-0.1, -0.05) is 23.8 Å². The van der Waals surface area contributed by atoms with Crippen LogP contribution in [0.3, 0.4) is 0 Å². The lowest BCUT2D eigenvalue weighted by Crippen LogP contribution is -2.48. The number of halogens is 1. The van der Waals surface area contributed by atoms with E-state index in [4.69, 9.17) is 9.73 Å². The molecule has 2 unspecified atom stereocenters. The minimum atomic E-state index is 0. The second-order valence-electron chi connectivity index (χ2n) is 7.78. The summed E-state index contributed by atoms with van der Waals surface area (Å²) in [7, 11) is 2.20. The number of nitrogens with one attached hydrogen (secondary N) is 1. The van der Waals surface area contributed by atoms with Gasteiger partial charge >= 0.3 is 0 Å². The van der Waals surface area contributed by atoms with Crippen molar-refractivity contribution >= 4 is 29.9 Å². The van der Waals surface area contributed by atoms with E-state index in [-0.39, 0.29) is 30.1 Å². The Morgan fingerprint density at radius 3 is 2.74 bits per heavy atom. The van der Waals surface area contributed by atoms with Crippen molar-refractivity contribution in [2.45, 2.75) is 33.3 Å². The van der Waals surface area contributed by atoms with Crippen molar-refractivity contribution in [3.8, 4) is 0 Å². The van der Waals surface area contributed by atoms with Crippen LogP contribution >= 0.6 is 24.0 Å². The molecule has 5 nitrogen and oxygen atoms in total. The van der Waals surface area contributed by atoms with E-state index >= 15 is 0 Å². The highest BCUT2D eigenvalue weighted by Gasteiger charge is 2.26.